The highest BCUT2D eigenvalue weighted by atomic mass is 16.3. The number of aromatic nitrogens is 3. The van der Waals surface area contributed by atoms with Crippen molar-refractivity contribution in [1.82, 2.24) is 15.0 Å². The van der Waals surface area contributed by atoms with Crippen LogP contribution in [0.2, 0.25) is 0 Å². The van der Waals surface area contributed by atoms with E-state index >= 15 is 0 Å². The summed E-state index contributed by atoms with van der Waals surface area (Å²) in [5, 5.41) is 1.01. The van der Waals surface area contributed by atoms with E-state index in [1.54, 1.807) is 0 Å². The first-order chi connectivity index (χ1) is 22.8. The van der Waals surface area contributed by atoms with Crippen LogP contribution < -0.4 is 0 Å². The molecule has 216 valence electrons. The first-order valence-electron chi connectivity index (χ1n) is 15.5. The molecule has 0 spiro atoms. The van der Waals surface area contributed by atoms with E-state index in [-0.39, 0.29) is 0 Å². The van der Waals surface area contributed by atoms with E-state index < -0.39 is 5.41 Å². The van der Waals surface area contributed by atoms with Crippen LogP contribution in [0.25, 0.3) is 56.5 Å². The van der Waals surface area contributed by atoms with E-state index in [0.717, 1.165) is 22.1 Å². The second-order valence-corrected chi connectivity index (χ2v) is 11.6. The van der Waals surface area contributed by atoms with Gasteiger partial charge in [0.25, 0.3) is 0 Å². The number of rotatable bonds is 5. The Morgan fingerprint density at radius 3 is 1.70 bits per heavy atom. The molecule has 0 N–H and O–H groups in total. The normalized spacial score (nSPS) is 13.0. The Morgan fingerprint density at radius 2 is 0.978 bits per heavy atom. The molecule has 0 radical (unpaired) electrons. The number of benzene rings is 6. The molecule has 0 saturated carbocycles. The highest BCUT2D eigenvalue weighted by Gasteiger charge is 2.46. The summed E-state index contributed by atoms with van der Waals surface area (Å²) in [5.74, 6) is 2.31. The zero-order chi connectivity index (χ0) is 30.5. The van der Waals surface area contributed by atoms with Gasteiger partial charge in [-0.3, -0.25) is 0 Å². The molecule has 0 amide bonds. The summed E-state index contributed by atoms with van der Waals surface area (Å²) in [6.45, 7) is 0. The molecule has 0 atom stereocenters. The Labute approximate surface area is 266 Å². The Kier molecular flexibility index (Phi) is 6.00. The zero-order valence-corrected chi connectivity index (χ0v) is 24.8. The Morgan fingerprint density at radius 1 is 0.413 bits per heavy atom. The van der Waals surface area contributed by atoms with Gasteiger partial charge in [-0.05, 0) is 51.6 Å². The lowest BCUT2D eigenvalue weighted by atomic mass is 9.67. The molecule has 0 unspecified atom stereocenters. The van der Waals surface area contributed by atoms with Gasteiger partial charge in [0.05, 0.1) is 5.41 Å². The van der Waals surface area contributed by atoms with Crippen LogP contribution in [0, 0.1) is 0 Å². The highest BCUT2D eigenvalue weighted by Crippen LogP contribution is 2.56. The third-order valence-corrected chi connectivity index (χ3v) is 9.03. The first kappa shape index (κ1) is 26.3. The van der Waals surface area contributed by atoms with E-state index in [1.807, 2.05) is 60.7 Å². The van der Waals surface area contributed by atoms with Crippen LogP contribution >= 0.6 is 0 Å². The lowest BCUT2D eigenvalue weighted by molar-refractivity contribution is 0.625. The molecule has 0 aliphatic heterocycles. The average Bonchev–Trinajstić information content (AvgIpc) is 3.70. The zero-order valence-electron chi connectivity index (χ0n) is 24.8. The van der Waals surface area contributed by atoms with E-state index in [4.69, 9.17) is 19.4 Å². The van der Waals surface area contributed by atoms with Gasteiger partial charge in [-0.25, -0.2) is 15.0 Å². The summed E-state index contributed by atoms with van der Waals surface area (Å²) in [4.78, 5) is 15.0. The fourth-order valence-corrected chi connectivity index (χ4v) is 7.01. The maximum atomic E-state index is 6.25. The molecule has 46 heavy (non-hydrogen) atoms. The molecule has 1 aliphatic rings. The number of para-hydroxylation sites is 1. The molecule has 2 heterocycles. The molecule has 0 saturated heterocycles. The first-order valence-corrected chi connectivity index (χ1v) is 15.5. The largest absolute Gasteiger partial charge is 0.453 e. The standard InChI is InChI=1S/C42H27N3O/c1-4-14-28(15-5-1)39-43-40(45-41(44-39)38-27-29-16-10-13-23-37(29)46-38)30-24-25-34-33-21-11-12-22-35(33)42(36(34)26-30,31-17-6-2-7-18-31)32-19-8-3-9-20-32/h1-27H. The van der Waals surface area contributed by atoms with Crippen LogP contribution in [-0.2, 0) is 5.41 Å². The van der Waals surface area contributed by atoms with E-state index in [9.17, 15) is 0 Å². The molecule has 9 rings (SSSR count). The van der Waals surface area contributed by atoms with Crippen molar-refractivity contribution >= 4 is 11.0 Å². The topological polar surface area (TPSA) is 51.8 Å². The van der Waals surface area contributed by atoms with Crippen molar-refractivity contribution < 1.29 is 4.42 Å². The summed E-state index contributed by atoms with van der Waals surface area (Å²) >= 11 is 0. The quantitative estimate of drug-likeness (QED) is 0.200. The van der Waals surface area contributed by atoms with Crippen LogP contribution in [0.4, 0.5) is 0 Å². The summed E-state index contributed by atoms with van der Waals surface area (Å²) < 4.78 is 6.25. The maximum absolute atomic E-state index is 6.25. The molecule has 0 fully saturated rings. The van der Waals surface area contributed by atoms with Crippen LogP contribution in [-0.4, -0.2) is 15.0 Å². The lowest BCUT2D eigenvalue weighted by Gasteiger charge is -2.34. The Balaban J connectivity index is 1.31. The van der Waals surface area contributed by atoms with Crippen molar-refractivity contribution in [1.29, 1.82) is 0 Å². The fraction of sp³-hybridized carbons (Fsp3) is 0.0238. The molecule has 6 aromatic carbocycles. The number of hydrogen-bond donors (Lipinski definition) is 0. The van der Waals surface area contributed by atoms with E-state index in [2.05, 4.69) is 103 Å². The summed E-state index contributed by atoms with van der Waals surface area (Å²) in [5.41, 5.74) is 9.47. The molecule has 8 aromatic rings. The van der Waals surface area contributed by atoms with Gasteiger partial charge in [0, 0.05) is 16.5 Å². The van der Waals surface area contributed by atoms with Crippen molar-refractivity contribution in [3.05, 3.63) is 186 Å². The second-order valence-electron chi connectivity index (χ2n) is 11.6. The number of furan rings is 1. The molecule has 2 aromatic heterocycles. The van der Waals surface area contributed by atoms with Gasteiger partial charge in [-0.15, -0.1) is 0 Å². The van der Waals surface area contributed by atoms with Crippen molar-refractivity contribution in [2.75, 3.05) is 0 Å². The van der Waals surface area contributed by atoms with Gasteiger partial charge in [-0.2, -0.15) is 0 Å². The van der Waals surface area contributed by atoms with Gasteiger partial charge in [0.15, 0.2) is 23.2 Å². The second kappa shape index (κ2) is 10.5. The minimum Gasteiger partial charge on any atom is -0.453 e. The van der Waals surface area contributed by atoms with Crippen molar-refractivity contribution in [2.45, 2.75) is 5.41 Å². The predicted octanol–water partition coefficient (Wildman–Crippen LogP) is 9.98. The van der Waals surface area contributed by atoms with Gasteiger partial charge < -0.3 is 4.42 Å². The van der Waals surface area contributed by atoms with Gasteiger partial charge >= 0.3 is 0 Å². The molecule has 0 bridgehead atoms. The third-order valence-electron chi connectivity index (χ3n) is 9.03. The van der Waals surface area contributed by atoms with Gasteiger partial charge in [0.1, 0.15) is 5.58 Å². The van der Waals surface area contributed by atoms with Crippen LogP contribution in [0.1, 0.15) is 22.3 Å². The number of fused-ring (bicyclic) bond motifs is 4. The third kappa shape index (κ3) is 4.04. The molecular weight excluding hydrogens is 562 g/mol. The maximum Gasteiger partial charge on any atom is 0.199 e. The average molecular weight is 590 g/mol. The van der Waals surface area contributed by atoms with Crippen molar-refractivity contribution in [2.24, 2.45) is 0 Å². The molecular formula is C42H27N3O. The van der Waals surface area contributed by atoms with Crippen LogP contribution in [0.3, 0.4) is 0 Å². The summed E-state index contributed by atoms with van der Waals surface area (Å²) in [6, 6.07) is 57.0. The lowest BCUT2D eigenvalue weighted by Crippen LogP contribution is -2.28. The van der Waals surface area contributed by atoms with Gasteiger partial charge in [-0.1, -0.05) is 146 Å². The van der Waals surface area contributed by atoms with Crippen LogP contribution in [0.5, 0.6) is 0 Å². The van der Waals surface area contributed by atoms with E-state index in [1.165, 1.54) is 33.4 Å². The highest BCUT2D eigenvalue weighted by molar-refractivity contribution is 5.88. The smallest absolute Gasteiger partial charge is 0.199 e. The number of hydrogen-bond acceptors (Lipinski definition) is 4. The Bertz CT molecular complexity index is 2290. The van der Waals surface area contributed by atoms with Crippen molar-refractivity contribution in [3.8, 4) is 45.5 Å². The van der Waals surface area contributed by atoms with E-state index in [0.29, 0.717) is 23.2 Å². The van der Waals surface area contributed by atoms with Crippen LogP contribution in [0.15, 0.2) is 168 Å². The number of nitrogens with zero attached hydrogens (tertiary/aromatic N) is 3. The van der Waals surface area contributed by atoms with Gasteiger partial charge in [0.2, 0.25) is 0 Å². The van der Waals surface area contributed by atoms with Crippen molar-refractivity contribution in [3.63, 3.8) is 0 Å². The summed E-state index contributed by atoms with van der Waals surface area (Å²) in [6.07, 6.45) is 0. The molecule has 4 nitrogen and oxygen atoms in total. The predicted molar refractivity (Wildman–Crippen MR) is 183 cm³/mol. The SMILES string of the molecule is c1ccc(-c2nc(-c3ccc4c(c3)C(c3ccccc3)(c3ccccc3)c3ccccc3-4)nc(-c3cc4ccccc4o3)n2)cc1. The molecule has 4 heteroatoms. The summed E-state index contributed by atoms with van der Waals surface area (Å²) in [7, 11) is 0. The minimum absolute atomic E-state index is 0.501. The monoisotopic (exact) mass is 589 g/mol. The fourth-order valence-electron chi connectivity index (χ4n) is 7.01. The molecule has 1 aliphatic carbocycles. The minimum atomic E-state index is -0.513. The Hall–Kier alpha value is -6.13.